The molecule has 1 saturated heterocycles. The molecule has 1 fully saturated rings. The molecular formula is C15H27N5. The van der Waals surface area contributed by atoms with Crippen LogP contribution in [0.3, 0.4) is 0 Å². The summed E-state index contributed by atoms with van der Waals surface area (Å²) in [6.07, 6.45) is 2.72. The molecule has 0 spiro atoms. The first-order chi connectivity index (χ1) is 9.67. The molecule has 0 radical (unpaired) electrons. The minimum atomic E-state index is 0.631. The van der Waals surface area contributed by atoms with Crippen LogP contribution in [0.4, 0.5) is 11.8 Å². The zero-order valence-electron chi connectivity index (χ0n) is 12.9. The average Bonchev–Trinajstić information content (AvgIpc) is 2.89. The number of nitrogens with zero attached hydrogens (tertiary/aromatic N) is 3. The fourth-order valence-electron chi connectivity index (χ4n) is 2.65. The Balaban J connectivity index is 1.82. The maximum atomic E-state index is 4.48. The second kappa shape index (κ2) is 7.43. The van der Waals surface area contributed by atoms with E-state index in [-0.39, 0.29) is 0 Å². The maximum Gasteiger partial charge on any atom is 0.224 e. The van der Waals surface area contributed by atoms with Crippen LogP contribution in [-0.2, 0) is 0 Å². The number of hydrogen-bond donors (Lipinski definition) is 2. The molecule has 1 aliphatic rings. The minimum Gasteiger partial charge on any atom is -0.370 e. The summed E-state index contributed by atoms with van der Waals surface area (Å²) in [5.41, 5.74) is 0.991. The first kappa shape index (κ1) is 15.0. The molecule has 1 aliphatic heterocycles. The first-order valence-corrected chi connectivity index (χ1v) is 7.73. The highest BCUT2D eigenvalue weighted by atomic mass is 15.2. The molecule has 2 rings (SSSR count). The van der Waals surface area contributed by atoms with Crippen LogP contribution in [0.1, 0.15) is 32.4 Å². The van der Waals surface area contributed by atoms with Gasteiger partial charge in [-0.25, -0.2) is 4.98 Å². The Morgan fingerprint density at radius 1 is 1.25 bits per heavy atom. The Kier molecular flexibility index (Phi) is 5.59. The standard InChI is InChI=1S/C15H27N5/c1-4-16-15-18-13(3)9-14(19-15)17-10-12(2)11-20-7-5-6-8-20/h9,12H,4-8,10-11H2,1-3H3,(H2,16,17,18,19). The molecule has 0 saturated carbocycles. The summed E-state index contributed by atoms with van der Waals surface area (Å²) >= 11 is 0. The second-order valence-electron chi connectivity index (χ2n) is 5.74. The largest absolute Gasteiger partial charge is 0.370 e. The maximum absolute atomic E-state index is 4.48. The topological polar surface area (TPSA) is 53.1 Å². The second-order valence-corrected chi connectivity index (χ2v) is 5.74. The van der Waals surface area contributed by atoms with Crippen molar-refractivity contribution in [2.24, 2.45) is 5.92 Å². The fourth-order valence-corrected chi connectivity index (χ4v) is 2.65. The zero-order valence-corrected chi connectivity index (χ0v) is 12.9. The van der Waals surface area contributed by atoms with Crippen LogP contribution in [0.2, 0.25) is 0 Å². The van der Waals surface area contributed by atoms with Gasteiger partial charge in [0.1, 0.15) is 5.82 Å². The van der Waals surface area contributed by atoms with E-state index in [0.717, 1.165) is 24.6 Å². The van der Waals surface area contributed by atoms with Crippen molar-refractivity contribution in [2.45, 2.75) is 33.6 Å². The van der Waals surface area contributed by atoms with E-state index in [9.17, 15) is 0 Å². The van der Waals surface area contributed by atoms with Gasteiger partial charge < -0.3 is 15.5 Å². The molecule has 2 N–H and O–H groups in total. The van der Waals surface area contributed by atoms with Crippen molar-refractivity contribution in [3.63, 3.8) is 0 Å². The Bertz CT molecular complexity index is 415. The van der Waals surface area contributed by atoms with Gasteiger partial charge >= 0.3 is 0 Å². The molecule has 0 aromatic carbocycles. The molecule has 1 unspecified atom stereocenters. The third-order valence-electron chi connectivity index (χ3n) is 3.59. The average molecular weight is 277 g/mol. The number of rotatable bonds is 7. The minimum absolute atomic E-state index is 0.631. The lowest BCUT2D eigenvalue weighted by atomic mass is 10.1. The molecule has 5 heteroatoms. The summed E-state index contributed by atoms with van der Waals surface area (Å²) < 4.78 is 0. The molecule has 2 heterocycles. The highest BCUT2D eigenvalue weighted by Gasteiger charge is 2.14. The van der Waals surface area contributed by atoms with Gasteiger partial charge in [-0.2, -0.15) is 4.98 Å². The lowest BCUT2D eigenvalue weighted by molar-refractivity contribution is 0.294. The van der Waals surface area contributed by atoms with Gasteiger partial charge in [-0.1, -0.05) is 6.92 Å². The van der Waals surface area contributed by atoms with Crippen molar-refractivity contribution in [1.82, 2.24) is 14.9 Å². The third kappa shape index (κ3) is 4.63. The van der Waals surface area contributed by atoms with Crippen molar-refractivity contribution in [3.8, 4) is 0 Å². The number of nitrogens with one attached hydrogen (secondary N) is 2. The summed E-state index contributed by atoms with van der Waals surface area (Å²) in [4.78, 5) is 11.4. The number of hydrogen-bond acceptors (Lipinski definition) is 5. The van der Waals surface area contributed by atoms with E-state index in [4.69, 9.17) is 0 Å². The van der Waals surface area contributed by atoms with Crippen LogP contribution < -0.4 is 10.6 Å². The van der Waals surface area contributed by atoms with Crippen LogP contribution in [0.25, 0.3) is 0 Å². The van der Waals surface area contributed by atoms with Gasteiger partial charge in [0.2, 0.25) is 5.95 Å². The van der Waals surface area contributed by atoms with Crippen molar-refractivity contribution in [1.29, 1.82) is 0 Å². The van der Waals surface area contributed by atoms with Crippen LogP contribution in [0.15, 0.2) is 6.07 Å². The van der Waals surface area contributed by atoms with Gasteiger partial charge in [-0.05, 0) is 45.7 Å². The van der Waals surface area contributed by atoms with Crippen LogP contribution >= 0.6 is 0 Å². The van der Waals surface area contributed by atoms with Gasteiger partial charge in [0.15, 0.2) is 0 Å². The monoisotopic (exact) mass is 277 g/mol. The SMILES string of the molecule is CCNc1nc(C)cc(NCC(C)CN2CCCC2)n1. The number of aromatic nitrogens is 2. The highest BCUT2D eigenvalue weighted by Crippen LogP contribution is 2.13. The Labute approximate surface area is 122 Å². The predicted molar refractivity (Wildman–Crippen MR) is 84.3 cm³/mol. The molecule has 0 aliphatic carbocycles. The number of likely N-dealkylation sites (tertiary alicyclic amines) is 1. The van der Waals surface area contributed by atoms with Crippen molar-refractivity contribution in [3.05, 3.63) is 11.8 Å². The van der Waals surface area contributed by atoms with E-state index >= 15 is 0 Å². The zero-order chi connectivity index (χ0) is 14.4. The van der Waals surface area contributed by atoms with Crippen LogP contribution in [0.5, 0.6) is 0 Å². The first-order valence-electron chi connectivity index (χ1n) is 7.73. The smallest absolute Gasteiger partial charge is 0.224 e. The van der Waals surface area contributed by atoms with Gasteiger partial charge in [-0.15, -0.1) is 0 Å². The van der Waals surface area contributed by atoms with Crippen LogP contribution in [-0.4, -0.2) is 47.6 Å². The summed E-state index contributed by atoms with van der Waals surface area (Å²) in [5, 5.41) is 6.60. The molecule has 1 aromatic rings. The number of anilines is 2. The predicted octanol–water partition coefficient (Wildman–Crippen LogP) is 2.36. The van der Waals surface area contributed by atoms with Gasteiger partial charge in [-0.3, -0.25) is 0 Å². The van der Waals surface area contributed by atoms with E-state index in [1.54, 1.807) is 0 Å². The quantitative estimate of drug-likeness (QED) is 0.801. The molecule has 1 aromatic heterocycles. The van der Waals surface area contributed by atoms with Crippen molar-refractivity contribution >= 4 is 11.8 Å². The van der Waals surface area contributed by atoms with Crippen molar-refractivity contribution < 1.29 is 0 Å². The molecule has 1 atom stereocenters. The van der Waals surface area contributed by atoms with Crippen LogP contribution in [0, 0.1) is 12.8 Å². The Morgan fingerprint density at radius 2 is 2.00 bits per heavy atom. The molecule has 112 valence electrons. The van der Waals surface area contributed by atoms with E-state index in [2.05, 4.69) is 39.3 Å². The van der Waals surface area contributed by atoms with E-state index in [1.807, 2.05) is 13.0 Å². The van der Waals surface area contributed by atoms with E-state index < -0.39 is 0 Å². The fraction of sp³-hybridized carbons (Fsp3) is 0.733. The third-order valence-corrected chi connectivity index (χ3v) is 3.59. The molecule has 0 bridgehead atoms. The van der Waals surface area contributed by atoms with Gasteiger partial charge in [0.25, 0.3) is 0 Å². The lowest BCUT2D eigenvalue weighted by Gasteiger charge is -2.20. The Hall–Kier alpha value is -1.36. The summed E-state index contributed by atoms with van der Waals surface area (Å²) in [5.74, 6) is 2.26. The van der Waals surface area contributed by atoms with Crippen molar-refractivity contribution in [2.75, 3.05) is 43.4 Å². The lowest BCUT2D eigenvalue weighted by Crippen LogP contribution is -2.29. The number of aryl methyl sites for hydroxylation is 1. The summed E-state index contributed by atoms with van der Waals surface area (Å²) in [6.45, 7) is 11.9. The molecule has 0 amide bonds. The van der Waals surface area contributed by atoms with Gasteiger partial charge in [0.05, 0.1) is 0 Å². The summed E-state index contributed by atoms with van der Waals surface area (Å²) in [7, 11) is 0. The molecule has 5 nitrogen and oxygen atoms in total. The molecule has 20 heavy (non-hydrogen) atoms. The van der Waals surface area contributed by atoms with E-state index in [1.165, 1.54) is 32.5 Å². The van der Waals surface area contributed by atoms with Gasteiger partial charge in [0, 0.05) is 31.4 Å². The normalized spacial score (nSPS) is 17.1. The van der Waals surface area contributed by atoms with E-state index in [0.29, 0.717) is 11.9 Å². The highest BCUT2D eigenvalue weighted by molar-refractivity contribution is 5.42. The Morgan fingerprint density at radius 3 is 2.70 bits per heavy atom. The molecular weight excluding hydrogens is 250 g/mol. The summed E-state index contributed by atoms with van der Waals surface area (Å²) in [6, 6.07) is 2.00.